The van der Waals surface area contributed by atoms with Crippen LogP contribution in [0.2, 0.25) is 0 Å². The molecule has 3 aromatic rings. The van der Waals surface area contributed by atoms with E-state index in [4.69, 9.17) is 4.74 Å². The number of pyridine rings is 2. The van der Waals surface area contributed by atoms with Crippen molar-refractivity contribution in [2.24, 2.45) is 0 Å². The van der Waals surface area contributed by atoms with Crippen LogP contribution in [0, 0.1) is 0 Å². The summed E-state index contributed by atoms with van der Waals surface area (Å²) in [5, 5.41) is 7.03. The molecule has 0 saturated heterocycles. The molecule has 0 aromatic carbocycles. The summed E-state index contributed by atoms with van der Waals surface area (Å²) in [5.74, 6) is 0.241. The van der Waals surface area contributed by atoms with E-state index in [0.29, 0.717) is 36.6 Å². The van der Waals surface area contributed by atoms with E-state index in [2.05, 4.69) is 15.4 Å². The van der Waals surface area contributed by atoms with Gasteiger partial charge in [0.1, 0.15) is 0 Å². The minimum absolute atomic E-state index is 0.184. The van der Waals surface area contributed by atoms with Crippen molar-refractivity contribution in [2.45, 2.75) is 13.0 Å². The van der Waals surface area contributed by atoms with Crippen molar-refractivity contribution in [3.05, 3.63) is 58.8 Å². The lowest BCUT2D eigenvalue weighted by molar-refractivity contribution is 0.0952. The average molecular weight is 327 g/mol. The van der Waals surface area contributed by atoms with Crippen molar-refractivity contribution in [3.63, 3.8) is 0 Å². The maximum Gasteiger partial charge on any atom is 0.350 e. The Kier molecular flexibility index (Phi) is 4.55. The van der Waals surface area contributed by atoms with Gasteiger partial charge in [0, 0.05) is 31.5 Å². The van der Waals surface area contributed by atoms with Crippen molar-refractivity contribution < 1.29 is 9.53 Å². The second-order valence-corrected chi connectivity index (χ2v) is 5.13. The molecule has 1 N–H and O–H groups in total. The van der Waals surface area contributed by atoms with Crippen LogP contribution in [0.4, 0.5) is 0 Å². The van der Waals surface area contributed by atoms with Gasteiger partial charge in [0.05, 0.1) is 12.7 Å². The summed E-state index contributed by atoms with van der Waals surface area (Å²) < 4.78 is 7.84. The third kappa shape index (κ3) is 3.27. The Morgan fingerprint density at radius 1 is 1.29 bits per heavy atom. The fourth-order valence-corrected chi connectivity index (χ4v) is 2.28. The summed E-state index contributed by atoms with van der Waals surface area (Å²) in [5.41, 5.74) is 0.882. The highest BCUT2D eigenvalue weighted by Gasteiger charge is 2.07. The van der Waals surface area contributed by atoms with Gasteiger partial charge in [-0.25, -0.2) is 14.5 Å². The van der Waals surface area contributed by atoms with Crippen LogP contribution in [-0.2, 0) is 6.54 Å². The highest BCUT2D eigenvalue weighted by atomic mass is 16.5. The highest BCUT2D eigenvalue weighted by Crippen LogP contribution is 2.06. The first-order valence-corrected chi connectivity index (χ1v) is 7.51. The number of aryl methyl sites for hydroxylation is 1. The van der Waals surface area contributed by atoms with E-state index in [-0.39, 0.29) is 11.6 Å². The van der Waals surface area contributed by atoms with Crippen molar-refractivity contribution in [1.82, 2.24) is 24.5 Å². The standard InChI is InChI=1S/C16H17N5O3/c1-24-14-7-6-12(11-18-14)15(22)17-8-4-10-21-16(23)20-9-3-2-5-13(20)19-21/h2-3,5-7,9,11H,4,8,10H2,1H3,(H,17,22). The maximum atomic E-state index is 12.1. The lowest BCUT2D eigenvalue weighted by Crippen LogP contribution is -2.27. The maximum absolute atomic E-state index is 12.1. The van der Waals surface area contributed by atoms with E-state index in [1.54, 1.807) is 30.5 Å². The van der Waals surface area contributed by atoms with E-state index in [9.17, 15) is 9.59 Å². The van der Waals surface area contributed by atoms with E-state index in [0.717, 1.165) is 0 Å². The van der Waals surface area contributed by atoms with Crippen LogP contribution in [0.25, 0.3) is 5.65 Å². The molecular formula is C16H17N5O3. The Balaban J connectivity index is 1.53. The third-order valence-electron chi connectivity index (χ3n) is 3.53. The molecule has 0 aliphatic heterocycles. The summed E-state index contributed by atoms with van der Waals surface area (Å²) in [7, 11) is 1.52. The first kappa shape index (κ1) is 15.7. The molecule has 1 amide bonds. The SMILES string of the molecule is COc1ccc(C(=O)NCCCn2nc3ccccn3c2=O)cn1. The van der Waals surface area contributed by atoms with Crippen LogP contribution in [-0.4, -0.2) is 38.7 Å². The molecule has 0 spiro atoms. The van der Waals surface area contributed by atoms with Gasteiger partial charge >= 0.3 is 5.69 Å². The Morgan fingerprint density at radius 3 is 2.88 bits per heavy atom. The van der Waals surface area contributed by atoms with Gasteiger partial charge in [-0.05, 0) is 24.6 Å². The number of rotatable bonds is 6. The number of nitrogens with one attached hydrogen (secondary N) is 1. The van der Waals surface area contributed by atoms with Crippen LogP contribution in [0.1, 0.15) is 16.8 Å². The van der Waals surface area contributed by atoms with Crippen LogP contribution < -0.4 is 15.7 Å². The number of carbonyl (C=O) groups is 1. The summed E-state index contributed by atoms with van der Waals surface area (Å²) >= 11 is 0. The monoisotopic (exact) mass is 327 g/mol. The summed E-state index contributed by atoms with van der Waals surface area (Å²) in [6, 6.07) is 8.66. The van der Waals surface area contributed by atoms with E-state index in [1.165, 1.54) is 22.4 Å². The Bertz CT molecular complexity index is 898. The number of methoxy groups -OCH3 is 1. The Labute approximate surface area is 137 Å². The second-order valence-electron chi connectivity index (χ2n) is 5.13. The average Bonchev–Trinajstić information content (AvgIpc) is 2.95. The number of fused-ring (bicyclic) bond motifs is 1. The van der Waals surface area contributed by atoms with Gasteiger partial charge in [0.25, 0.3) is 5.91 Å². The molecule has 0 fully saturated rings. The topological polar surface area (TPSA) is 90.5 Å². The summed E-state index contributed by atoms with van der Waals surface area (Å²) in [4.78, 5) is 28.1. The van der Waals surface area contributed by atoms with Crippen molar-refractivity contribution in [2.75, 3.05) is 13.7 Å². The Morgan fingerprint density at radius 2 is 2.17 bits per heavy atom. The van der Waals surface area contributed by atoms with Gasteiger partial charge in [-0.2, -0.15) is 0 Å². The molecule has 0 aliphatic carbocycles. The van der Waals surface area contributed by atoms with Crippen LogP contribution in [0.5, 0.6) is 5.88 Å². The predicted octanol–water partition coefficient (Wildman–Crippen LogP) is 0.720. The van der Waals surface area contributed by atoms with Gasteiger partial charge in [-0.1, -0.05) is 6.07 Å². The first-order chi connectivity index (χ1) is 11.7. The van der Waals surface area contributed by atoms with Gasteiger partial charge in [0.15, 0.2) is 5.65 Å². The van der Waals surface area contributed by atoms with Gasteiger partial charge < -0.3 is 10.1 Å². The molecular weight excluding hydrogens is 310 g/mol. The van der Waals surface area contributed by atoms with Gasteiger partial charge in [-0.3, -0.25) is 9.20 Å². The van der Waals surface area contributed by atoms with Crippen molar-refractivity contribution >= 4 is 11.6 Å². The number of carbonyl (C=O) groups excluding carboxylic acids is 1. The Hall–Kier alpha value is -3.16. The van der Waals surface area contributed by atoms with E-state index >= 15 is 0 Å². The summed E-state index contributed by atoms with van der Waals surface area (Å²) in [6.45, 7) is 0.868. The van der Waals surface area contributed by atoms with Crippen LogP contribution in [0.15, 0.2) is 47.5 Å². The van der Waals surface area contributed by atoms with Crippen molar-refractivity contribution in [3.8, 4) is 5.88 Å². The molecule has 0 radical (unpaired) electrons. The number of aromatic nitrogens is 4. The summed E-state index contributed by atoms with van der Waals surface area (Å²) in [6.07, 6.45) is 3.74. The third-order valence-corrected chi connectivity index (χ3v) is 3.53. The molecule has 3 aromatic heterocycles. The minimum Gasteiger partial charge on any atom is -0.481 e. The second kappa shape index (κ2) is 6.95. The normalized spacial score (nSPS) is 10.7. The predicted molar refractivity (Wildman–Crippen MR) is 87.2 cm³/mol. The molecule has 0 unspecified atom stereocenters. The zero-order valence-electron chi connectivity index (χ0n) is 13.2. The minimum atomic E-state index is -0.215. The lowest BCUT2D eigenvalue weighted by Gasteiger charge is -2.05. The lowest BCUT2D eigenvalue weighted by atomic mass is 10.2. The molecule has 3 heterocycles. The number of ether oxygens (including phenoxy) is 1. The zero-order valence-corrected chi connectivity index (χ0v) is 13.2. The number of nitrogens with zero attached hydrogens (tertiary/aromatic N) is 4. The quantitative estimate of drug-likeness (QED) is 0.674. The fraction of sp³-hybridized carbons (Fsp3) is 0.250. The molecule has 0 aliphatic rings. The van der Waals surface area contributed by atoms with E-state index in [1.807, 2.05) is 6.07 Å². The van der Waals surface area contributed by atoms with Crippen LogP contribution >= 0.6 is 0 Å². The molecule has 8 heteroatoms. The molecule has 124 valence electrons. The fourth-order valence-electron chi connectivity index (χ4n) is 2.28. The largest absolute Gasteiger partial charge is 0.481 e. The molecule has 0 atom stereocenters. The van der Waals surface area contributed by atoms with Crippen LogP contribution in [0.3, 0.4) is 0 Å². The van der Waals surface area contributed by atoms with Crippen molar-refractivity contribution in [1.29, 1.82) is 0 Å². The molecule has 3 rings (SSSR count). The molecule has 0 bridgehead atoms. The van der Waals surface area contributed by atoms with Gasteiger partial charge in [-0.15, -0.1) is 5.10 Å². The molecule has 24 heavy (non-hydrogen) atoms. The number of amides is 1. The smallest absolute Gasteiger partial charge is 0.350 e. The van der Waals surface area contributed by atoms with E-state index < -0.39 is 0 Å². The highest BCUT2D eigenvalue weighted by molar-refractivity contribution is 5.93. The number of hydrogen-bond donors (Lipinski definition) is 1. The molecule has 0 saturated carbocycles. The number of hydrogen-bond acceptors (Lipinski definition) is 5. The zero-order chi connectivity index (χ0) is 16.9. The molecule has 8 nitrogen and oxygen atoms in total. The van der Waals surface area contributed by atoms with Gasteiger partial charge in [0.2, 0.25) is 5.88 Å². The first-order valence-electron chi connectivity index (χ1n) is 7.51.